The van der Waals surface area contributed by atoms with E-state index in [2.05, 4.69) is 0 Å². The van der Waals surface area contributed by atoms with E-state index < -0.39 is 17.8 Å². The van der Waals surface area contributed by atoms with Crippen molar-refractivity contribution in [1.82, 2.24) is 0 Å². The van der Waals surface area contributed by atoms with Gasteiger partial charge in [0.15, 0.2) is 17.3 Å². The number of methoxy groups -OCH3 is 2. The van der Waals surface area contributed by atoms with Gasteiger partial charge in [-0.2, -0.15) is 0 Å². The van der Waals surface area contributed by atoms with Crippen molar-refractivity contribution >= 4 is 17.5 Å². The first-order chi connectivity index (χ1) is 11.0. The third-order valence-electron chi connectivity index (χ3n) is 3.94. The summed E-state index contributed by atoms with van der Waals surface area (Å²) < 4.78 is 15.4. The fourth-order valence-electron chi connectivity index (χ4n) is 2.89. The normalized spacial score (nSPS) is 21.0. The number of carbonyl (C=O) groups is 3. The van der Waals surface area contributed by atoms with E-state index in [9.17, 15) is 14.4 Å². The van der Waals surface area contributed by atoms with Gasteiger partial charge < -0.3 is 14.2 Å². The van der Waals surface area contributed by atoms with Crippen molar-refractivity contribution in [2.45, 2.75) is 25.7 Å². The fourth-order valence-corrected chi connectivity index (χ4v) is 2.89. The van der Waals surface area contributed by atoms with E-state index in [-0.39, 0.29) is 31.0 Å². The molecule has 0 aromatic heterocycles. The first-order valence-corrected chi connectivity index (χ1v) is 7.44. The molecule has 1 aliphatic rings. The summed E-state index contributed by atoms with van der Waals surface area (Å²) in [4.78, 5) is 36.2. The Morgan fingerprint density at radius 2 is 1.87 bits per heavy atom. The first kappa shape index (κ1) is 17.0. The first-order valence-electron chi connectivity index (χ1n) is 7.44. The Morgan fingerprint density at radius 3 is 2.48 bits per heavy atom. The molecule has 6 nitrogen and oxygen atoms in total. The standard InChI is InChI=1S/C17H20O6/c1-4-23-17(20)16-12(8-11(18)9-13(16)19)10-5-6-14(21-2)15(7-10)22-3/h5-7,12,16H,4,8-9H2,1-3H3. The van der Waals surface area contributed by atoms with Gasteiger partial charge in [-0.25, -0.2) is 0 Å². The van der Waals surface area contributed by atoms with Gasteiger partial charge in [-0.15, -0.1) is 0 Å². The Balaban J connectivity index is 2.41. The van der Waals surface area contributed by atoms with E-state index in [0.29, 0.717) is 17.1 Å². The van der Waals surface area contributed by atoms with Crippen molar-refractivity contribution in [3.05, 3.63) is 23.8 Å². The van der Waals surface area contributed by atoms with E-state index in [1.807, 2.05) is 0 Å². The average Bonchev–Trinajstić information content (AvgIpc) is 2.53. The van der Waals surface area contributed by atoms with Gasteiger partial charge >= 0.3 is 5.97 Å². The van der Waals surface area contributed by atoms with Crippen molar-refractivity contribution in [2.75, 3.05) is 20.8 Å². The summed E-state index contributed by atoms with van der Waals surface area (Å²) in [5.74, 6) is -1.61. The molecule has 0 spiro atoms. The maximum atomic E-state index is 12.2. The zero-order valence-electron chi connectivity index (χ0n) is 13.5. The van der Waals surface area contributed by atoms with Crippen LogP contribution in [0, 0.1) is 5.92 Å². The quantitative estimate of drug-likeness (QED) is 0.609. The zero-order valence-corrected chi connectivity index (χ0v) is 13.5. The molecule has 6 heteroatoms. The minimum Gasteiger partial charge on any atom is -0.493 e. The number of ether oxygens (including phenoxy) is 3. The lowest BCUT2D eigenvalue weighted by Crippen LogP contribution is -2.38. The van der Waals surface area contributed by atoms with E-state index in [4.69, 9.17) is 14.2 Å². The summed E-state index contributed by atoms with van der Waals surface area (Å²) in [5.41, 5.74) is 0.683. The molecule has 2 atom stereocenters. The largest absolute Gasteiger partial charge is 0.493 e. The molecule has 0 amide bonds. The van der Waals surface area contributed by atoms with Gasteiger partial charge in [-0.05, 0) is 24.6 Å². The Hall–Kier alpha value is -2.37. The summed E-state index contributed by atoms with van der Waals surface area (Å²) in [7, 11) is 3.02. The molecule has 2 unspecified atom stereocenters. The van der Waals surface area contributed by atoms with Crippen LogP contribution < -0.4 is 9.47 Å². The lowest BCUT2D eigenvalue weighted by atomic mass is 9.74. The van der Waals surface area contributed by atoms with Crippen LogP contribution in [0.15, 0.2) is 18.2 Å². The molecule has 1 aromatic carbocycles. The highest BCUT2D eigenvalue weighted by Gasteiger charge is 2.42. The van der Waals surface area contributed by atoms with Crippen molar-refractivity contribution < 1.29 is 28.6 Å². The Kier molecular flexibility index (Phi) is 5.36. The molecule has 0 aliphatic heterocycles. The highest BCUT2D eigenvalue weighted by atomic mass is 16.5. The van der Waals surface area contributed by atoms with E-state index in [1.165, 1.54) is 14.2 Å². The molecule has 124 valence electrons. The smallest absolute Gasteiger partial charge is 0.317 e. The van der Waals surface area contributed by atoms with Crippen LogP contribution in [0.1, 0.15) is 31.2 Å². The van der Waals surface area contributed by atoms with Crippen LogP contribution >= 0.6 is 0 Å². The second kappa shape index (κ2) is 7.26. The average molecular weight is 320 g/mol. The van der Waals surface area contributed by atoms with Gasteiger partial charge in [-0.1, -0.05) is 6.07 Å². The second-order valence-electron chi connectivity index (χ2n) is 5.34. The SMILES string of the molecule is CCOC(=O)C1C(=O)CC(=O)CC1c1ccc(OC)c(OC)c1. The Morgan fingerprint density at radius 1 is 1.17 bits per heavy atom. The van der Waals surface area contributed by atoms with Gasteiger partial charge in [0.1, 0.15) is 11.7 Å². The predicted octanol–water partition coefficient (Wildman–Crippen LogP) is 1.90. The van der Waals surface area contributed by atoms with Crippen LogP contribution in [-0.4, -0.2) is 38.4 Å². The second-order valence-corrected chi connectivity index (χ2v) is 5.34. The number of Topliss-reactive ketones (excluding diaryl/α,β-unsaturated/α-hetero) is 2. The van der Waals surface area contributed by atoms with Crippen LogP contribution in [-0.2, 0) is 19.1 Å². The number of hydrogen-bond acceptors (Lipinski definition) is 6. The molecular weight excluding hydrogens is 300 g/mol. The molecule has 0 N–H and O–H groups in total. The molecule has 0 saturated heterocycles. The van der Waals surface area contributed by atoms with Gasteiger partial charge in [-0.3, -0.25) is 14.4 Å². The molecule has 1 fully saturated rings. The van der Waals surface area contributed by atoms with Gasteiger partial charge in [0.2, 0.25) is 0 Å². The van der Waals surface area contributed by atoms with E-state index >= 15 is 0 Å². The molecule has 1 saturated carbocycles. The lowest BCUT2D eigenvalue weighted by Gasteiger charge is -2.28. The fraction of sp³-hybridized carbons (Fsp3) is 0.471. The van der Waals surface area contributed by atoms with E-state index in [1.54, 1.807) is 25.1 Å². The third kappa shape index (κ3) is 3.52. The van der Waals surface area contributed by atoms with Gasteiger partial charge in [0.25, 0.3) is 0 Å². The van der Waals surface area contributed by atoms with Crippen molar-refractivity contribution in [2.24, 2.45) is 5.92 Å². The van der Waals surface area contributed by atoms with Crippen LogP contribution in [0.2, 0.25) is 0 Å². The van der Waals surface area contributed by atoms with Gasteiger partial charge in [0, 0.05) is 12.3 Å². The van der Waals surface area contributed by atoms with Gasteiger partial charge in [0.05, 0.1) is 27.2 Å². The third-order valence-corrected chi connectivity index (χ3v) is 3.94. The number of hydrogen-bond donors (Lipinski definition) is 0. The Labute approximate surface area is 134 Å². The molecule has 2 rings (SSSR count). The highest BCUT2D eigenvalue weighted by molar-refractivity contribution is 6.11. The number of benzene rings is 1. The Bertz CT molecular complexity index is 622. The zero-order chi connectivity index (χ0) is 17.0. The molecule has 0 heterocycles. The molecular formula is C17H20O6. The summed E-state index contributed by atoms with van der Waals surface area (Å²) >= 11 is 0. The maximum absolute atomic E-state index is 12.2. The summed E-state index contributed by atoms with van der Waals surface area (Å²) in [6, 6.07) is 5.13. The van der Waals surface area contributed by atoms with Crippen LogP contribution in [0.25, 0.3) is 0 Å². The number of ketones is 2. The monoisotopic (exact) mass is 320 g/mol. The molecule has 23 heavy (non-hydrogen) atoms. The highest BCUT2D eigenvalue weighted by Crippen LogP contribution is 2.39. The topological polar surface area (TPSA) is 78.9 Å². The summed E-state index contributed by atoms with van der Waals surface area (Å²) in [6.07, 6.45) is -0.0853. The van der Waals surface area contributed by atoms with Crippen LogP contribution in [0.5, 0.6) is 11.5 Å². The molecule has 1 aromatic rings. The minimum absolute atomic E-state index is 0.130. The van der Waals surface area contributed by atoms with Crippen molar-refractivity contribution in [3.63, 3.8) is 0 Å². The van der Waals surface area contributed by atoms with Crippen LogP contribution in [0.3, 0.4) is 0 Å². The summed E-state index contributed by atoms with van der Waals surface area (Å²) in [5, 5.41) is 0. The minimum atomic E-state index is -0.953. The number of rotatable bonds is 5. The number of esters is 1. The lowest BCUT2D eigenvalue weighted by molar-refractivity contribution is -0.154. The van der Waals surface area contributed by atoms with Crippen LogP contribution in [0.4, 0.5) is 0 Å². The number of carbonyl (C=O) groups excluding carboxylic acids is 3. The molecule has 0 bridgehead atoms. The van der Waals surface area contributed by atoms with E-state index in [0.717, 1.165) is 0 Å². The van der Waals surface area contributed by atoms with Crippen molar-refractivity contribution in [1.29, 1.82) is 0 Å². The molecule has 1 aliphatic carbocycles. The maximum Gasteiger partial charge on any atom is 0.317 e. The van der Waals surface area contributed by atoms with Crippen molar-refractivity contribution in [3.8, 4) is 11.5 Å². The predicted molar refractivity (Wildman–Crippen MR) is 81.7 cm³/mol. The summed E-state index contributed by atoms with van der Waals surface area (Å²) in [6.45, 7) is 1.87. The molecule has 0 radical (unpaired) electrons.